The molecule has 0 saturated carbocycles. The summed E-state index contributed by atoms with van der Waals surface area (Å²) < 4.78 is 0. The molecule has 1 aliphatic carbocycles. The monoisotopic (exact) mass is 1680 g/mol. The molecule has 0 unspecified atom stereocenters. The molecule has 0 fully saturated rings. The number of aromatic hydroxyl groups is 13. The molecule has 0 spiro atoms. The molecule has 13 heteroatoms. The van der Waals surface area contributed by atoms with Crippen molar-refractivity contribution < 1.29 is 66.4 Å². The Hall–Kier alpha value is -15.9. The van der Waals surface area contributed by atoms with Gasteiger partial charge in [-0.15, -0.1) is 0 Å². The summed E-state index contributed by atoms with van der Waals surface area (Å²) in [6.07, 6.45) is 0.903. The van der Waals surface area contributed by atoms with Gasteiger partial charge in [-0.1, -0.05) is 293 Å². The number of benzene rings is 17. The van der Waals surface area contributed by atoms with Crippen molar-refractivity contribution in [2.45, 2.75) is 74.5 Å². The lowest BCUT2D eigenvalue weighted by atomic mass is 9.68. The van der Waals surface area contributed by atoms with E-state index in [2.05, 4.69) is 120 Å². The van der Waals surface area contributed by atoms with Gasteiger partial charge in [-0.3, -0.25) is 0 Å². The first-order valence-corrected chi connectivity index (χ1v) is 41.8. The van der Waals surface area contributed by atoms with E-state index in [1.54, 1.807) is 146 Å². The second kappa shape index (κ2) is 37.9. The van der Waals surface area contributed by atoms with Crippen molar-refractivity contribution in [2.24, 2.45) is 0 Å². The number of fused-ring (bicyclic) bond motifs is 3. The van der Waals surface area contributed by atoms with Crippen LogP contribution in [-0.2, 0) is 39.9 Å². The summed E-state index contributed by atoms with van der Waals surface area (Å²) >= 11 is 0. The van der Waals surface area contributed by atoms with Gasteiger partial charge in [-0.05, 0) is 271 Å². The second-order valence-electron chi connectivity index (χ2n) is 32.8. The first kappa shape index (κ1) is 87.5. The van der Waals surface area contributed by atoms with E-state index >= 15 is 0 Å². The smallest absolute Gasteiger partial charge is 0.122 e. The number of rotatable bonds is 17. The quantitative estimate of drug-likeness (QED) is 0.0379. The molecule has 17 aromatic carbocycles. The maximum absolute atomic E-state index is 10.5. The standard InChI is InChI=1S/C29H28O3.C25H18O2.2C20H18O3.C20H18O2/c1-28(2,21-8-14-25(30)15-9-21)20-4-6-22(7-5-20)29(3,23-10-16-26(31)17-11-23)24-12-18-27(32)19-13-24;26-19-13-9-17(10-14-19)25(18-11-15-20(27)16-12-18)23-7-3-1-5-21(23)22-6-2-4-8-24(22)25;1-20(14-2-8-17(21)9-3-14,15-4-10-18(22)11-5-15)16-6-12-19(23)13-7-16;21-18-10-3-1-6-14(18)12-16-8-5-9-17(20(16)23)13-15-7-2-4-11-19(15)22;1-20(15-5-3-2-4-6-15,16-7-11-18(21)12-8-16)17-9-13-19(22)14-10-17/h4-19,30-32H,1-3H3;1-16,26-27H;2-13,21-23H,1H3;1-11,21-23H,12-13H2;2-14,21-22H,1H3. The van der Waals surface area contributed by atoms with Crippen LogP contribution < -0.4 is 0 Å². The maximum atomic E-state index is 10.5. The molecule has 0 bridgehead atoms. The highest BCUT2D eigenvalue weighted by Gasteiger charge is 2.46. The minimum absolute atomic E-state index is 0.207. The second-order valence-corrected chi connectivity index (χ2v) is 32.8. The van der Waals surface area contributed by atoms with Gasteiger partial charge in [0.2, 0.25) is 0 Å². The van der Waals surface area contributed by atoms with Crippen molar-refractivity contribution in [3.8, 4) is 85.9 Å². The lowest BCUT2D eigenvalue weighted by molar-refractivity contribution is 0.456. The van der Waals surface area contributed by atoms with Gasteiger partial charge in [0.25, 0.3) is 0 Å². The van der Waals surface area contributed by atoms with Crippen LogP contribution in [0.4, 0.5) is 0 Å². The molecular formula is C114H100O13. The predicted octanol–water partition coefficient (Wildman–Crippen LogP) is 24.5. The van der Waals surface area contributed by atoms with Crippen molar-refractivity contribution in [3.63, 3.8) is 0 Å². The maximum Gasteiger partial charge on any atom is 0.122 e. The van der Waals surface area contributed by atoms with Gasteiger partial charge in [0.15, 0.2) is 0 Å². The van der Waals surface area contributed by atoms with Crippen LogP contribution >= 0.6 is 0 Å². The SMILES string of the molecule is CC(C)(c1ccc(O)cc1)c1ccc(C(C)(c2ccc(O)cc2)c2ccc(O)cc2)cc1.CC(c1ccc(O)cc1)(c1ccc(O)cc1)c1ccc(O)cc1.CC(c1ccccc1)(c1ccc(O)cc1)c1ccc(O)cc1.Oc1ccc(C2(c3ccc(O)cc3)c3ccccc3-c3ccccc32)cc1.Oc1ccccc1Cc1cccc(Cc2ccccc2O)c1O. The zero-order valence-corrected chi connectivity index (χ0v) is 71.0. The summed E-state index contributed by atoms with van der Waals surface area (Å²) in [5, 5.41) is 127. The largest absolute Gasteiger partial charge is 0.508 e. The first-order valence-electron chi connectivity index (χ1n) is 41.8. The van der Waals surface area contributed by atoms with Crippen LogP contribution in [0.25, 0.3) is 11.1 Å². The van der Waals surface area contributed by atoms with Crippen LogP contribution in [0, 0.1) is 0 Å². The zero-order chi connectivity index (χ0) is 89.6. The molecule has 18 rings (SSSR count). The van der Waals surface area contributed by atoms with E-state index < -0.39 is 16.2 Å². The number of hydrogen-bond donors (Lipinski definition) is 13. The fraction of sp³-hybridized carbons (Fsp3) is 0.105. The Labute approximate surface area is 740 Å². The summed E-state index contributed by atoms with van der Waals surface area (Å²) in [6.45, 7) is 10.7. The van der Waals surface area contributed by atoms with E-state index in [4.69, 9.17) is 0 Å². The molecule has 13 N–H and O–H groups in total. The molecule has 0 atom stereocenters. The van der Waals surface area contributed by atoms with E-state index in [1.165, 1.54) is 27.8 Å². The van der Waals surface area contributed by atoms with E-state index in [-0.39, 0.29) is 85.6 Å². The Bertz CT molecular complexity index is 6160. The van der Waals surface area contributed by atoms with E-state index in [1.807, 2.05) is 182 Å². The number of phenols is 13. The van der Waals surface area contributed by atoms with Crippen molar-refractivity contribution in [3.05, 3.63) is 518 Å². The molecule has 0 aliphatic heterocycles. The van der Waals surface area contributed by atoms with Gasteiger partial charge >= 0.3 is 0 Å². The Morgan fingerprint density at radius 3 is 0.646 bits per heavy atom. The summed E-state index contributed by atoms with van der Waals surface area (Å²) in [6, 6.07) is 128. The Morgan fingerprint density at radius 2 is 0.378 bits per heavy atom. The summed E-state index contributed by atoms with van der Waals surface area (Å²) in [4.78, 5) is 0. The van der Waals surface area contributed by atoms with Crippen LogP contribution in [0.5, 0.6) is 74.7 Å². The van der Waals surface area contributed by atoms with Gasteiger partial charge < -0.3 is 66.4 Å². The highest BCUT2D eigenvalue weighted by atomic mass is 16.3. The van der Waals surface area contributed by atoms with Gasteiger partial charge in [0.1, 0.15) is 74.7 Å². The van der Waals surface area contributed by atoms with Gasteiger partial charge in [-0.2, -0.15) is 0 Å². The van der Waals surface area contributed by atoms with Crippen molar-refractivity contribution in [2.75, 3.05) is 0 Å². The van der Waals surface area contributed by atoms with Crippen LogP contribution in [0.1, 0.15) is 140 Å². The van der Waals surface area contributed by atoms with Gasteiger partial charge in [0, 0.05) is 34.5 Å². The predicted molar refractivity (Wildman–Crippen MR) is 504 cm³/mol. The van der Waals surface area contributed by atoms with E-state index in [0.29, 0.717) is 12.8 Å². The van der Waals surface area contributed by atoms with Gasteiger partial charge in [0.05, 0.1) is 5.41 Å². The van der Waals surface area contributed by atoms with Crippen LogP contribution in [0.2, 0.25) is 0 Å². The normalized spacial score (nSPS) is 11.9. The third-order valence-corrected chi connectivity index (χ3v) is 24.7. The minimum Gasteiger partial charge on any atom is -0.508 e. The highest BCUT2D eigenvalue weighted by molar-refractivity contribution is 5.86. The molecule has 0 saturated heterocycles. The average Bonchev–Trinajstić information content (AvgIpc) is 1.54. The highest BCUT2D eigenvalue weighted by Crippen LogP contribution is 2.57. The molecular weight excluding hydrogens is 1580 g/mol. The molecule has 17 aromatic rings. The molecule has 127 heavy (non-hydrogen) atoms. The summed E-state index contributed by atoms with van der Waals surface area (Å²) in [5.41, 5.74) is 19.9. The fourth-order valence-electron chi connectivity index (χ4n) is 17.2. The average molecular weight is 1680 g/mol. The topological polar surface area (TPSA) is 263 Å². The molecule has 0 amide bonds. The van der Waals surface area contributed by atoms with Crippen LogP contribution in [0.3, 0.4) is 0 Å². The van der Waals surface area contributed by atoms with Crippen LogP contribution in [-0.4, -0.2) is 66.4 Å². The van der Waals surface area contributed by atoms with Crippen molar-refractivity contribution >= 4 is 0 Å². The van der Waals surface area contributed by atoms with Crippen molar-refractivity contribution in [1.82, 2.24) is 0 Å². The first-order chi connectivity index (χ1) is 61.2. The molecule has 0 radical (unpaired) electrons. The lowest BCUT2D eigenvalue weighted by Crippen LogP contribution is -2.28. The Morgan fingerprint density at radius 1 is 0.181 bits per heavy atom. The van der Waals surface area contributed by atoms with Crippen molar-refractivity contribution in [1.29, 1.82) is 0 Å². The van der Waals surface area contributed by atoms with E-state index in [0.717, 1.165) is 89.0 Å². The molecule has 0 heterocycles. The minimum atomic E-state index is -0.491. The van der Waals surface area contributed by atoms with Gasteiger partial charge in [-0.25, -0.2) is 0 Å². The third-order valence-electron chi connectivity index (χ3n) is 24.7. The number of hydrogen-bond acceptors (Lipinski definition) is 13. The number of para-hydroxylation sites is 3. The summed E-state index contributed by atoms with van der Waals surface area (Å²) in [5.74, 6) is 3.02. The lowest BCUT2D eigenvalue weighted by Gasteiger charge is -2.33. The molecule has 1 aliphatic rings. The zero-order valence-electron chi connectivity index (χ0n) is 71.0. The Balaban J connectivity index is 0.000000130. The molecule has 0 aromatic heterocycles. The summed E-state index contributed by atoms with van der Waals surface area (Å²) in [7, 11) is 0. The fourth-order valence-corrected chi connectivity index (χ4v) is 17.2. The Kier molecular flexibility index (Phi) is 26.1. The van der Waals surface area contributed by atoms with E-state index in [9.17, 15) is 66.4 Å². The third kappa shape index (κ3) is 18.7. The molecule has 634 valence electrons. The number of phenolic OH excluding ortho intramolecular Hbond substituents is 13. The molecule has 13 nitrogen and oxygen atoms in total. The van der Waals surface area contributed by atoms with Crippen LogP contribution in [0.15, 0.2) is 413 Å².